The van der Waals surface area contributed by atoms with Crippen LogP contribution in [0.15, 0.2) is 12.1 Å². The topological polar surface area (TPSA) is 80.8 Å². The van der Waals surface area contributed by atoms with Crippen molar-refractivity contribution in [2.45, 2.75) is 25.3 Å². The van der Waals surface area contributed by atoms with E-state index in [-0.39, 0.29) is 11.7 Å². The first-order valence-electron chi connectivity index (χ1n) is 6.60. The Morgan fingerprint density at radius 1 is 1.52 bits per heavy atom. The van der Waals surface area contributed by atoms with Crippen LogP contribution < -0.4 is 0 Å². The number of carbonyl (C=O) groups is 2. The highest BCUT2D eigenvalue weighted by Gasteiger charge is 2.36. The van der Waals surface area contributed by atoms with Gasteiger partial charge in [-0.25, -0.2) is 13.2 Å². The summed E-state index contributed by atoms with van der Waals surface area (Å²) in [6, 6.07) is 3.02. The Hall–Kier alpha value is -1.25. The number of rotatable bonds is 6. The third kappa shape index (κ3) is 3.69. The van der Waals surface area contributed by atoms with Gasteiger partial charge in [0.05, 0.1) is 18.9 Å². The van der Waals surface area contributed by atoms with Gasteiger partial charge in [-0.15, -0.1) is 11.3 Å². The molecule has 2 rings (SSSR count). The molecule has 1 aromatic heterocycles. The number of esters is 1. The Morgan fingerprint density at radius 2 is 2.29 bits per heavy atom. The third-order valence-electron chi connectivity index (χ3n) is 3.41. The van der Waals surface area contributed by atoms with Crippen LogP contribution in [0.3, 0.4) is 0 Å². The summed E-state index contributed by atoms with van der Waals surface area (Å²) in [5, 5.41) is 0. The number of ether oxygens (including phenoxy) is 1. The van der Waals surface area contributed by atoms with Gasteiger partial charge in [-0.3, -0.25) is 0 Å². The molecule has 116 valence electrons. The van der Waals surface area contributed by atoms with Crippen molar-refractivity contribution >= 4 is 33.6 Å². The molecule has 0 aromatic carbocycles. The zero-order valence-corrected chi connectivity index (χ0v) is 13.3. The number of thiophene rings is 1. The Balaban J connectivity index is 1.90. The maximum absolute atomic E-state index is 11.8. The molecule has 1 saturated heterocycles. The number of hydrogen-bond acceptors (Lipinski definition) is 6. The van der Waals surface area contributed by atoms with Crippen molar-refractivity contribution in [1.29, 1.82) is 0 Å². The lowest BCUT2D eigenvalue weighted by Gasteiger charge is -2.18. The Labute approximate surface area is 127 Å². The first kappa shape index (κ1) is 16.1. The van der Waals surface area contributed by atoms with E-state index >= 15 is 0 Å². The summed E-state index contributed by atoms with van der Waals surface area (Å²) in [4.78, 5) is 23.8. The smallest absolute Gasteiger partial charge is 0.348 e. The molecule has 1 aliphatic rings. The number of sulfonamides is 1. The van der Waals surface area contributed by atoms with Crippen LogP contribution in [0.4, 0.5) is 0 Å². The fraction of sp³-hybridized carbons (Fsp3) is 0.538. The van der Waals surface area contributed by atoms with Gasteiger partial charge in [0.15, 0.2) is 0 Å². The van der Waals surface area contributed by atoms with Crippen LogP contribution in [0.25, 0.3) is 0 Å². The number of hydrogen-bond donors (Lipinski definition) is 0. The lowest BCUT2D eigenvalue weighted by Crippen LogP contribution is -2.35. The van der Waals surface area contributed by atoms with E-state index in [9.17, 15) is 18.0 Å². The van der Waals surface area contributed by atoms with Crippen molar-refractivity contribution < 1.29 is 22.7 Å². The Kier molecular flexibility index (Phi) is 5.13. The van der Waals surface area contributed by atoms with Crippen molar-refractivity contribution in [3.8, 4) is 0 Å². The number of aldehydes is 1. The largest absolute Gasteiger partial charge is 0.465 e. The van der Waals surface area contributed by atoms with E-state index in [1.54, 1.807) is 6.07 Å². The van der Waals surface area contributed by atoms with E-state index in [1.807, 2.05) is 6.07 Å². The molecule has 0 bridgehead atoms. The monoisotopic (exact) mass is 331 g/mol. The van der Waals surface area contributed by atoms with Gasteiger partial charge in [-0.2, -0.15) is 4.31 Å². The molecular formula is C13H17NO5S2. The minimum atomic E-state index is -3.28. The molecule has 1 aliphatic heterocycles. The van der Waals surface area contributed by atoms with Gasteiger partial charge in [0.25, 0.3) is 0 Å². The van der Waals surface area contributed by atoms with Gasteiger partial charge < -0.3 is 9.53 Å². The first-order chi connectivity index (χ1) is 9.97. The first-order valence-corrected chi connectivity index (χ1v) is 9.02. The molecule has 6 nitrogen and oxygen atoms in total. The minimum Gasteiger partial charge on any atom is -0.465 e. The fourth-order valence-corrected chi connectivity index (χ4v) is 5.03. The summed E-state index contributed by atoms with van der Waals surface area (Å²) < 4.78 is 29.6. The summed E-state index contributed by atoms with van der Waals surface area (Å²) in [6.07, 6.45) is 2.35. The van der Waals surface area contributed by atoms with E-state index in [2.05, 4.69) is 4.74 Å². The Morgan fingerprint density at radius 3 is 2.95 bits per heavy atom. The minimum absolute atomic E-state index is 0.0435. The molecule has 1 fully saturated rings. The maximum Gasteiger partial charge on any atom is 0.348 e. The second kappa shape index (κ2) is 6.67. The van der Waals surface area contributed by atoms with Crippen LogP contribution in [0.1, 0.15) is 27.4 Å². The van der Waals surface area contributed by atoms with E-state index < -0.39 is 16.1 Å². The predicted molar refractivity (Wildman–Crippen MR) is 78.9 cm³/mol. The summed E-state index contributed by atoms with van der Waals surface area (Å²) in [7, 11) is -1.95. The highest BCUT2D eigenvalue weighted by atomic mass is 32.2. The number of aryl methyl sites for hydroxylation is 1. The fourth-order valence-electron chi connectivity index (χ4n) is 2.31. The van der Waals surface area contributed by atoms with E-state index in [0.717, 1.165) is 4.88 Å². The van der Waals surface area contributed by atoms with Crippen LogP contribution in [0, 0.1) is 0 Å². The average Bonchev–Trinajstić information content (AvgIpc) is 3.03. The lowest BCUT2D eigenvalue weighted by molar-refractivity contribution is -0.110. The zero-order chi connectivity index (χ0) is 15.5. The second-order valence-electron chi connectivity index (χ2n) is 4.78. The molecule has 1 atom stereocenters. The summed E-state index contributed by atoms with van der Waals surface area (Å²) >= 11 is 1.34. The van der Waals surface area contributed by atoms with E-state index in [0.29, 0.717) is 37.0 Å². The second-order valence-corrected chi connectivity index (χ2v) is 7.99. The standard InChI is InChI=1S/C13H17NO5S2/c1-19-13(16)12-5-4-11(20-12)3-2-7-14-10(9-15)6-8-21(14,17)18/h4-5,9-10H,2-3,6-8H2,1H3/t10-/m1/s1. The van der Waals surface area contributed by atoms with Crippen LogP contribution >= 0.6 is 11.3 Å². The molecule has 21 heavy (non-hydrogen) atoms. The van der Waals surface area contributed by atoms with Gasteiger partial charge >= 0.3 is 5.97 Å². The summed E-state index contributed by atoms with van der Waals surface area (Å²) in [5.74, 6) is -0.323. The van der Waals surface area contributed by atoms with Gasteiger partial charge in [0.1, 0.15) is 11.2 Å². The molecule has 2 heterocycles. The molecule has 0 unspecified atom stereocenters. The summed E-state index contributed by atoms with van der Waals surface area (Å²) in [5.41, 5.74) is 0. The molecule has 0 spiro atoms. The van der Waals surface area contributed by atoms with Crippen molar-refractivity contribution in [1.82, 2.24) is 4.31 Å². The van der Waals surface area contributed by atoms with Crippen molar-refractivity contribution in [2.75, 3.05) is 19.4 Å². The van der Waals surface area contributed by atoms with Crippen LogP contribution in [0.2, 0.25) is 0 Å². The van der Waals surface area contributed by atoms with Crippen molar-refractivity contribution in [3.05, 3.63) is 21.9 Å². The molecule has 0 radical (unpaired) electrons. The van der Waals surface area contributed by atoms with Crippen LogP contribution in [-0.4, -0.2) is 50.4 Å². The zero-order valence-electron chi connectivity index (χ0n) is 11.6. The van der Waals surface area contributed by atoms with Gasteiger partial charge in [-0.05, 0) is 31.4 Å². The average molecular weight is 331 g/mol. The number of nitrogens with zero attached hydrogens (tertiary/aromatic N) is 1. The highest BCUT2D eigenvalue weighted by Crippen LogP contribution is 2.22. The molecule has 0 aliphatic carbocycles. The Bertz CT molecular complexity index is 622. The van der Waals surface area contributed by atoms with Gasteiger partial charge in [-0.1, -0.05) is 0 Å². The lowest BCUT2D eigenvalue weighted by atomic mass is 10.2. The van der Waals surface area contributed by atoms with Gasteiger partial charge in [0, 0.05) is 11.4 Å². The number of methoxy groups -OCH3 is 1. The molecule has 0 N–H and O–H groups in total. The quantitative estimate of drug-likeness (QED) is 0.575. The SMILES string of the molecule is COC(=O)c1ccc(CCCN2[C@@H](C=O)CCS2(=O)=O)s1. The van der Waals surface area contributed by atoms with E-state index in [1.165, 1.54) is 22.8 Å². The van der Waals surface area contributed by atoms with Crippen molar-refractivity contribution in [2.24, 2.45) is 0 Å². The van der Waals surface area contributed by atoms with Crippen LogP contribution in [-0.2, 0) is 26.0 Å². The molecule has 0 amide bonds. The number of carbonyl (C=O) groups excluding carboxylic acids is 2. The molecule has 1 aromatic rings. The normalized spacial score (nSPS) is 21.3. The summed E-state index contributed by atoms with van der Waals surface area (Å²) in [6.45, 7) is 0.331. The predicted octanol–water partition coefficient (Wildman–Crippen LogP) is 1.07. The van der Waals surface area contributed by atoms with Gasteiger partial charge in [0.2, 0.25) is 10.0 Å². The molecular weight excluding hydrogens is 314 g/mol. The van der Waals surface area contributed by atoms with Crippen molar-refractivity contribution in [3.63, 3.8) is 0 Å². The molecule has 8 heteroatoms. The van der Waals surface area contributed by atoms with E-state index in [4.69, 9.17) is 0 Å². The third-order valence-corrected chi connectivity index (χ3v) is 6.45. The molecule has 0 saturated carbocycles. The van der Waals surface area contributed by atoms with Crippen LogP contribution in [0.5, 0.6) is 0 Å². The highest BCUT2D eigenvalue weighted by molar-refractivity contribution is 7.89. The maximum atomic E-state index is 11.8.